The minimum atomic E-state index is -0.108. The van der Waals surface area contributed by atoms with Gasteiger partial charge in [-0.05, 0) is 42.7 Å². The van der Waals surface area contributed by atoms with Crippen LogP contribution < -0.4 is 4.74 Å². The molecule has 92 valence electrons. The summed E-state index contributed by atoms with van der Waals surface area (Å²) in [6.45, 7) is 1.93. The molecule has 0 unspecified atom stereocenters. The van der Waals surface area contributed by atoms with E-state index in [4.69, 9.17) is 4.74 Å². The van der Waals surface area contributed by atoms with Crippen molar-refractivity contribution in [2.75, 3.05) is 7.11 Å². The van der Waals surface area contributed by atoms with Gasteiger partial charge in [0.15, 0.2) is 5.78 Å². The van der Waals surface area contributed by atoms with Crippen LogP contribution >= 0.6 is 11.5 Å². The molecule has 1 aromatic carbocycles. The maximum atomic E-state index is 12.1. The first-order valence-electron chi connectivity index (χ1n) is 5.35. The lowest BCUT2D eigenvalue weighted by molar-refractivity contribution is 0.104. The van der Waals surface area contributed by atoms with Crippen molar-refractivity contribution in [1.29, 1.82) is 0 Å². The summed E-state index contributed by atoms with van der Waals surface area (Å²) in [7, 11) is 1.55. The van der Waals surface area contributed by atoms with Crippen LogP contribution in [0.2, 0.25) is 0 Å². The molecule has 4 nitrogen and oxygen atoms in total. The summed E-state index contributed by atoms with van der Waals surface area (Å²) >= 11 is 1.25. The molecule has 0 bridgehead atoms. The van der Waals surface area contributed by atoms with Crippen molar-refractivity contribution < 1.29 is 9.53 Å². The number of carbonyl (C=O) groups is 1. The summed E-state index contributed by atoms with van der Waals surface area (Å²) in [6, 6.07) is 5.51. The Morgan fingerprint density at radius 1 is 1.44 bits per heavy atom. The van der Waals surface area contributed by atoms with Crippen molar-refractivity contribution in [2.24, 2.45) is 0 Å². The molecule has 1 aromatic heterocycles. The lowest BCUT2D eigenvalue weighted by Gasteiger charge is -2.06. The Labute approximate surface area is 109 Å². The van der Waals surface area contributed by atoms with Crippen LogP contribution in [0.3, 0.4) is 0 Å². The average molecular weight is 260 g/mol. The van der Waals surface area contributed by atoms with E-state index in [0.717, 1.165) is 5.56 Å². The highest BCUT2D eigenvalue weighted by Crippen LogP contribution is 2.20. The van der Waals surface area contributed by atoms with E-state index >= 15 is 0 Å². The number of benzene rings is 1. The van der Waals surface area contributed by atoms with Crippen LogP contribution in [-0.2, 0) is 0 Å². The molecule has 1 heterocycles. The first kappa shape index (κ1) is 12.4. The van der Waals surface area contributed by atoms with Gasteiger partial charge in [-0.25, -0.2) is 0 Å². The van der Waals surface area contributed by atoms with Gasteiger partial charge in [0.1, 0.15) is 5.75 Å². The van der Waals surface area contributed by atoms with E-state index in [2.05, 4.69) is 9.59 Å². The van der Waals surface area contributed by atoms with Crippen molar-refractivity contribution in [1.82, 2.24) is 9.59 Å². The van der Waals surface area contributed by atoms with E-state index in [-0.39, 0.29) is 5.78 Å². The summed E-state index contributed by atoms with van der Waals surface area (Å²) in [5.74, 6) is 0.468. The monoisotopic (exact) mass is 260 g/mol. The van der Waals surface area contributed by atoms with Crippen LogP contribution in [0.25, 0.3) is 6.08 Å². The second-order valence-electron chi connectivity index (χ2n) is 3.73. The minimum absolute atomic E-state index is 0.108. The number of allylic oxidation sites excluding steroid dienone is 1. The van der Waals surface area contributed by atoms with Gasteiger partial charge >= 0.3 is 0 Å². The van der Waals surface area contributed by atoms with Crippen molar-refractivity contribution in [3.05, 3.63) is 46.5 Å². The van der Waals surface area contributed by atoms with E-state index in [1.54, 1.807) is 24.6 Å². The first-order valence-corrected chi connectivity index (χ1v) is 6.18. The Hall–Kier alpha value is -2.01. The van der Waals surface area contributed by atoms with Gasteiger partial charge in [0.25, 0.3) is 0 Å². The number of ketones is 1. The zero-order chi connectivity index (χ0) is 13.0. The van der Waals surface area contributed by atoms with Crippen LogP contribution in [0, 0.1) is 6.92 Å². The summed E-state index contributed by atoms with van der Waals surface area (Å²) < 4.78 is 8.90. The molecule has 2 rings (SSSR count). The third-order valence-corrected chi connectivity index (χ3v) is 2.93. The highest BCUT2D eigenvalue weighted by atomic mass is 32.1. The fourth-order valence-electron chi connectivity index (χ4n) is 1.51. The van der Waals surface area contributed by atoms with Gasteiger partial charge in [-0.1, -0.05) is 16.1 Å². The number of carbonyl (C=O) groups excluding carboxylic acids is 1. The molecular formula is C13H12N2O2S. The predicted molar refractivity (Wildman–Crippen MR) is 71.0 cm³/mol. The minimum Gasteiger partial charge on any atom is -0.496 e. The van der Waals surface area contributed by atoms with Gasteiger partial charge in [-0.15, -0.1) is 5.10 Å². The third kappa shape index (κ3) is 2.81. The topological polar surface area (TPSA) is 52.1 Å². The third-order valence-electron chi connectivity index (χ3n) is 2.40. The van der Waals surface area contributed by atoms with Crippen LogP contribution in [0.15, 0.2) is 29.7 Å². The molecule has 0 saturated heterocycles. The molecule has 5 heteroatoms. The van der Waals surface area contributed by atoms with Gasteiger partial charge in [0, 0.05) is 5.38 Å². The van der Waals surface area contributed by atoms with Crippen molar-refractivity contribution in [3.63, 3.8) is 0 Å². The number of rotatable bonds is 4. The number of aryl methyl sites for hydroxylation is 1. The van der Waals surface area contributed by atoms with E-state index in [0.29, 0.717) is 17.0 Å². The van der Waals surface area contributed by atoms with E-state index < -0.39 is 0 Å². The van der Waals surface area contributed by atoms with Gasteiger partial charge in [0.05, 0.1) is 18.4 Å². The second-order valence-corrected chi connectivity index (χ2v) is 4.34. The van der Waals surface area contributed by atoms with Crippen LogP contribution in [0.5, 0.6) is 5.75 Å². The van der Waals surface area contributed by atoms with Gasteiger partial charge in [0.2, 0.25) is 0 Å². The Balaban J connectivity index is 2.26. The zero-order valence-electron chi connectivity index (χ0n) is 10.1. The first-order chi connectivity index (χ1) is 8.70. The molecule has 0 spiro atoms. The van der Waals surface area contributed by atoms with Gasteiger partial charge in [-0.2, -0.15) is 0 Å². The molecule has 0 radical (unpaired) electrons. The summed E-state index contributed by atoms with van der Waals surface area (Å²) in [5.41, 5.74) is 2.25. The maximum Gasteiger partial charge on any atom is 0.189 e. The standard InChI is InChI=1S/C13H12N2O2S/c1-9-3-6-13(17-2)11(7-9)12(16)5-4-10-8-18-15-14-10/h3-8H,1-2H3. The molecule has 2 aromatic rings. The van der Waals surface area contributed by atoms with Gasteiger partial charge in [-0.3, -0.25) is 4.79 Å². The van der Waals surface area contributed by atoms with Crippen molar-refractivity contribution in [2.45, 2.75) is 6.92 Å². The Morgan fingerprint density at radius 2 is 2.28 bits per heavy atom. The maximum absolute atomic E-state index is 12.1. The molecule has 0 aliphatic heterocycles. The zero-order valence-corrected chi connectivity index (χ0v) is 10.9. The second kappa shape index (κ2) is 5.55. The molecule has 0 fully saturated rings. The van der Waals surface area contributed by atoms with Crippen LogP contribution in [0.1, 0.15) is 21.6 Å². The molecule has 0 aliphatic carbocycles. The molecule has 0 N–H and O–H groups in total. The number of hydrogen-bond acceptors (Lipinski definition) is 5. The van der Waals surface area contributed by atoms with Crippen molar-refractivity contribution in [3.8, 4) is 5.75 Å². The normalized spacial score (nSPS) is 10.8. The highest BCUT2D eigenvalue weighted by molar-refractivity contribution is 7.03. The van der Waals surface area contributed by atoms with Gasteiger partial charge < -0.3 is 4.74 Å². The highest BCUT2D eigenvalue weighted by Gasteiger charge is 2.09. The summed E-state index contributed by atoms with van der Waals surface area (Å²) in [4.78, 5) is 12.1. The number of hydrogen-bond donors (Lipinski definition) is 0. The number of ether oxygens (including phenoxy) is 1. The molecular weight excluding hydrogens is 248 g/mol. The molecule has 18 heavy (non-hydrogen) atoms. The largest absolute Gasteiger partial charge is 0.496 e. The average Bonchev–Trinajstić information content (AvgIpc) is 2.89. The van der Waals surface area contributed by atoms with E-state index in [1.807, 2.05) is 19.1 Å². The summed E-state index contributed by atoms with van der Waals surface area (Å²) in [6.07, 6.45) is 3.13. The van der Waals surface area contributed by atoms with Crippen LogP contribution in [-0.4, -0.2) is 22.5 Å². The van der Waals surface area contributed by atoms with Crippen LogP contribution in [0.4, 0.5) is 0 Å². The molecule has 0 saturated carbocycles. The molecule has 0 aliphatic rings. The molecule has 0 atom stereocenters. The fraction of sp³-hybridized carbons (Fsp3) is 0.154. The summed E-state index contributed by atoms with van der Waals surface area (Å²) in [5, 5.41) is 5.62. The number of aromatic nitrogens is 2. The fourth-order valence-corrected chi connectivity index (χ4v) is 1.93. The molecule has 0 amide bonds. The number of methoxy groups -OCH3 is 1. The lowest BCUT2D eigenvalue weighted by atomic mass is 10.1. The quantitative estimate of drug-likeness (QED) is 0.626. The van der Waals surface area contributed by atoms with E-state index in [1.165, 1.54) is 17.6 Å². The Kier molecular flexibility index (Phi) is 3.84. The Morgan fingerprint density at radius 3 is 2.94 bits per heavy atom. The van der Waals surface area contributed by atoms with E-state index in [9.17, 15) is 4.79 Å². The SMILES string of the molecule is COc1ccc(C)cc1C(=O)C=Cc1csnn1. The lowest BCUT2D eigenvalue weighted by Crippen LogP contribution is -1.99. The predicted octanol–water partition coefficient (Wildman–Crippen LogP) is 2.75. The number of nitrogens with zero attached hydrogens (tertiary/aromatic N) is 2. The smallest absolute Gasteiger partial charge is 0.189 e. The Bertz CT molecular complexity index is 577. The van der Waals surface area contributed by atoms with Crippen molar-refractivity contribution >= 4 is 23.4 Å².